The minimum Gasteiger partial charge on any atom is -0.349 e. The number of nitrogens with one attached hydrogen (secondary N) is 1. The minimum atomic E-state index is -0.0592. The van der Waals surface area contributed by atoms with Crippen molar-refractivity contribution >= 4 is 5.91 Å². The first-order valence-electron chi connectivity index (χ1n) is 6.31. The van der Waals surface area contributed by atoms with Crippen LogP contribution in [-0.2, 0) is 0 Å². The van der Waals surface area contributed by atoms with E-state index in [0.717, 1.165) is 29.7 Å². The second-order valence-corrected chi connectivity index (χ2v) is 4.91. The van der Waals surface area contributed by atoms with Crippen molar-refractivity contribution in [2.24, 2.45) is 0 Å². The van der Waals surface area contributed by atoms with Gasteiger partial charge in [-0.3, -0.25) is 4.79 Å². The molecule has 0 spiro atoms. The average molecular weight is 257 g/mol. The van der Waals surface area contributed by atoms with Crippen LogP contribution in [0.5, 0.6) is 0 Å². The van der Waals surface area contributed by atoms with E-state index in [1.807, 2.05) is 26.0 Å². The minimum absolute atomic E-state index is 0.0592. The molecule has 2 aromatic rings. The van der Waals surface area contributed by atoms with E-state index in [2.05, 4.69) is 20.8 Å². The Bertz CT molecular complexity index is 616. The van der Waals surface area contributed by atoms with Crippen LogP contribution >= 0.6 is 0 Å². The molecule has 6 nitrogen and oxygen atoms in total. The molecule has 0 aliphatic heterocycles. The summed E-state index contributed by atoms with van der Waals surface area (Å²) in [4.78, 5) is 12.3. The largest absolute Gasteiger partial charge is 0.349 e. The van der Waals surface area contributed by atoms with Gasteiger partial charge >= 0.3 is 0 Å². The lowest BCUT2D eigenvalue weighted by molar-refractivity contribution is 0.0951. The highest BCUT2D eigenvalue weighted by atomic mass is 16.1. The van der Waals surface area contributed by atoms with Crippen LogP contribution in [0.3, 0.4) is 0 Å². The van der Waals surface area contributed by atoms with Gasteiger partial charge in [-0.15, -0.1) is 5.10 Å². The fourth-order valence-electron chi connectivity index (χ4n) is 2.03. The van der Waals surface area contributed by atoms with Crippen LogP contribution in [0.25, 0.3) is 5.69 Å². The molecule has 1 aromatic carbocycles. The summed E-state index contributed by atoms with van der Waals surface area (Å²) < 4.78 is 1.55. The highest BCUT2D eigenvalue weighted by Crippen LogP contribution is 2.24. The van der Waals surface area contributed by atoms with Gasteiger partial charge < -0.3 is 5.32 Å². The van der Waals surface area contributed by atoms with E-state index in [4.69, 9.17) is 0 Å². The molecule has 1 saturated carbocycles. The summed E-state index contributed by atoms with van der Waals surface area (Å²) in [7, 11) is 0. The molecule has 1 amide bonds. The van der Waals surface area contributed by atoms with Crippen LogP contribution in [0.15, 0.2) is 18.5 Å². The number of rotatable bonds is 3. The first-order chi connectivity index (χ1) is 9.16. The number of nitrogens with zero attached hydrogens (tertiary/aromatic N) is 4. The molecule has 1 fully saturated rings. The van der Waals surface area contributed by atoms with Crippen LogP contribution in [-0.4, -0.2) is 32.2 Å². The van der Waals surface area contributed by atoms with Gasteiger partial charge in [-0.25, -0.2) is 0 Å². The highest BCUT2D eigenvalue weighted by Gasteiger charge is 2.26. The molecule has 1 aliphatic rings. The number of hydrogen-bond acceptors (Lipinski definition) is 4. The lowest BCUT2D eigenvalue weighted by Gasteiger charge is -2.13. The predicted molar refractivity (Wildman–Crippen MR) is 69.1 cm³/mol. The number of tetrazole rings is 1. The molecular formula is C13H15N5O. The van der Waals surface area contributed by atoms with Crippen LogP contribution in [0.1, 0.15) is 34.3 Å². The van der Waals surface area contributed by atoms with Gasteiger partial charge in [0.2, 0.25) is 0 Å². The van der Waals surface area contributed by atoms with Crippen molar-refractivity contribution in [3.63, 3.8) is 0 Å². The van der Waals surface area contributed by atoms with Crippen LogP contribution < -0.4 is 5.32 Å². The van der Waals surface area contributed by atoms with E-state index >= 15 is 0 Å². The van der Waals surface area contributed by atoms with Gasteiger partial charge in [-0.2, -0.15) is 4.68 Å². The predicted octanol–water partition coefficient (Wildman–Crippen LogP) is 1.17. The molecule has 0 radical (unpaired) electrons. The molecule has 0 atom stereocenters. The van der Waals surface area contributed by atoms with Crippen molar-refractivity contribution in [1.82, 2.24) is 25.5 Å². The maximum absolute atomic E-state index is 12.3. The van der Waals surface area contributed by atoms with Crippen molar-refractivity contribution in [3.05, 3.63) is 35.2 Å². The van der Waals surface area contributed by atoms with E-state index in [1.165, 1.54) is 6.33 Å². The summed E-state index contributed by atoms with van der Waals surface area (Å²) in [5, 5.41) is 14.2. The van der Waals surface area contributed by atoms with E-state index in [1.54, 1.807) is 4.68 Å². The first-order valence-corrected chi connectivity index (χ1v) is 6.31. The Kier molecular flexibility index (Phi) is 2.77. The van der Waals surface area contributed by atoms with Gasteiger partial charge in [0.1, 0.15) is 6.33 Å². The lowest BCUT2D eigenvalue weighted by Crippen LogP contribution is -2.27. The summed E-state index contributed by atoms with van der Waals surface area (Å²) in [6.07, 6.45) is 3.64. The topological polar surface area (TPSA) is 72.7 Å². The quantitative estimate of drug-likeness (QED) is 0.895. The summed E-state index contributed by atoms with van der Waals surface area (Å²) in [5.41, 5.74) is 3.48. The monoisotopic (exact) mass is 257 g/mol. The lowest BCUT2D eigenvalue weighted by atomic mass is 10.0. The van der Waals surface area contributed by atoms with E-state index < -0.39 is 0 Å². The zero-order valence-corrected chi connectivity index (χ0v) is 10.9. The normalized spacial score (nSPS) is 14.4. The van der Waals surface area contributed by atoms with Gasteiger partial charge in [-0.05, 0) is 54.3 Å². The van der Waals surface area contributed by atoms with Crippen molar-refractivity contribution in [1.29, 1.82) is 0 Å². The Hall–Kier alpha value is -2.24. The molecule has 1 aromatic heterocycles. The zero-order valence-electron chi connectivity index (χ0n) is 10.9. The van der Waals surface area contributed by atoms with Gasteiger partial charge in [0.25, 0.3) is 5.91 Å². The Morgan fingerprint density at radius 1 is 1.37 bits per heavy atom. The van der Waals surface area contributed by atoms with Crippen molar-refractivity contribution in [2.75, 3.05) is 0 Å². The SMILES string of the molecule is Cc1ccc(C(=O)NC2CC2)c(-n2cnnn2)c1C. The second-order valence-electron chi connectivity index (χ2n) is 4.91. The number of amides is 1. The molecule has 0 bridgehead atoms. The van der Waals surface area contributed by atoms with Gasteiger partial charge in [-0.1, -0.05) is 6.07 Å². The zero-order chi connectivity index (χ0) is 13.4. The average Bonchev–Trinajstić information content (AvgIpc) is 3.04. The Balaban J connectivity index is 2.07. The summed E-state index contributed by atoms with van der Waals surface area (Å²) >= 11 is 0. The maximum Gasteiger partial charge on any atom is 0.253 e. The summed E-state index contributed by atoms with van der Waals surface area (Å²) in [5.74, 6) is -0.0592. The molecule has 0 unspecified atom stereocenters. The third-order valence-corrected chi connectivity index (χ3v) is 3.44. The van der Waals surface area contributed by atoms with Gasteiger partial charge in [0, 0.05) is 6.04 Å². The Morgan fingerprint density at radius 3 is 2.79 bits per heavy atom. The second kappa shape index (κ2) is 4.46. The molecule has 0 saturated heterocycles. The van der Waals surface area contributed by atoms with E-state index in [-0.39, 0.29) is 5.91 Å². The number of aryl methyl sites for hydroxylation is 1. The smallest absolute Gasteiger partial charge is 0.253 e. The molecule has 98 valence electrons. The van der Waals surface area contributed by atoms with Crippen LogP contribution in [0, 0.1) is 13.8 Å². The fourth-order valence-corrected chi connectivity index (χ4v) is 2.03. The third kappa shape index (κ3) is 2.21. The highest BCUT2D eigenvalue weighted by molar-refractivity contribution is 5.98. The van der Waals surface area contributed by atoms with Gasteiger partial charge in [0.15, 0.2) is 0 Å². The molecule has 1 heterocycles. The number of aromatic nitrogens is 4. The Morgan fingerprint density at radius 2 is 2.16 bits per heavy atom. The molecular weight excluding hydrogens is 242 g/mol. The molecule has 1 N–H and O–H groups in total. The summed E-state index contributed by atoms with van der Waals surface area (Å²) in [6.45, 7) is 3.98. The molecule has 3 rings (SSSR count). The first kappa shape index (κ1) is 11.8. The number of carbonyl (C=O) groups excluding carboxylic acids is 1. The summed E-state index contributed by atoms with van der Waals surface area (Å²) in [6, 6.07) is 4.11. The standard InChI is InChI=1S/C13H15N5O/c1-8-3-6-11(13(19)15-10-4-5-10)12(9(8)2)18-7-14-16-17-18/h3,6-7,10H,4-5H2,1-2H3,(H,15,19). The van der Waals surface area contributed by atoms with Crippen molar-refractivity contribution in [2.45, 2.75) is 32.7 Å². The van der Waals surface area contributed by atoms with Crippen LogP contribution in [0.4, 0.5) is 0 Å². The van der Waals surface area contributed by atoms with E-state index in [9.17, 15) is 4.79 Å². The van der Waals surface area contributed by atoms with Crippen molar-refractivity contribution < 1.29 is 4.79 Å². The number of hydrogen-bond donors (Lipinski definition) is 1. The van der Waals surface area contributed by atoms with Gasteiger partial charge in [0.05, 0.1) is 11.3 Å². The third-order valence-electron chi connectivity index (χ3n) is 3.44. The molecule has 6 heteroatoms. The molecule has 19 heavy (non-hydrogen) atoms. The Labute approximate surface area is 110 Å². The maximum atomic E-state index is 12.3. The van der Waals surface area contributed by atoms with E-state index in [0.29, 0.717) is 11.6 Å². The number of benzene rings is 1. The number of carbonyl (C=O) groups is 1. The fraction of sp³-hybridized carbons (Fsp3) is 0.385. The van der Waals surface area contributed by atoms with Crippen molar-refractivity contribution in [3.8, 4) is 5.69 Å². The molecule has 1 aliphatic carbocycles. The van der Waals surface area contributed by atoms with Crippen LogP contribution in [0.2, 0.25) is 0 Å².